The molecule has 2 N–H and O–H groups in total. The number of aromatic amines is 1. The van der Waals surface area contributed by atoms with Crippen LogP contribution in [0.4, 0.5) is 0 Å². The molecule has 0 aliphatic rings. The highest BCUT2D eigenvalue weighted by atomic mass is 16.5. The van der Waals surface area contributed by atoms with Gasteiger partial charge in [0.05, 0.1) is 13.3 Å². The Morgan fingerprint density at radius 2 is 2.28 bits per heavy atom. The summed E-state index contributed by atoms with van der Waals surface area (Å²) in [7, 11) is 1.69. The number of aromatic nitrogens is 2. The fourth-order valence-electron chi connectivity index (χ4n) is 1.84. The van der Waals surface area contributed by atoms with Gasteiger partial charge in [-0.15, -0.1) is 0 Å². The van der Waals surface area contributed by atoms with Crippen LogP contribution in [0, 0.1) is 6.92 Å². The van der Waals surface area contributed by atoms with E-state index in [2.05, 4.69) is 27.6 Å². The quantitative estimate of drug-likeness (QED) is 0.766. The average molecular weight is 245 g/mol. The lowest BCUT2D eigenvalue weighted by atomic mass is 10.1. The van der Waals surface area contributed by atoms with Crippen LogP contribution < -0.4 is 10.1 Å². The third kappa shape index (κ3) is 3.34. The number of hydrogen-bond donors (Lipinski definition) is 2. The lowest BCUT2D eigenvalue weighted by Crippen LogP contribution is -2.16. The number of rotatable bonds is 6. The molecule has 1 aromatic carbocycles. The van der Waals surface area contributed by atoms with E-state index < -0.39 is 0 Å². The van der Waals surface area contributed by atoms with Crippen molar-refractivity contribution in [3.05, 3.63) is 47.3 Å². The zero-order valence-electron chi connectivity index (χ0n) is 10.9. The zero-order valence-corrected chi connectivity index (χ0v) is 10.9. The summed E-state index contributed by atoms with van der Waals surface area (Å²) in [6.45, 7) is 3.83. The second-order valence-electron chi connectivity index (χ2n) is 4.30. The number of aryl methyl sites for hydroxylation is 1. The zero-order chi connectivity index (χ0) is 12.8. The molecule has 0 saturated heterocycles. The van der Waals surface area contributed by atoms with Gasteiger partial charge in [-0.05, 0) is 37.6 Å². The van der Waals surface area contributed by atoms with Crippen LogP contribution in [-0.4, -0.2) is 23.9 Å². The molecule has 18 heavy (non-hydrogen) atoms. The van der Waals surface area contributed by atoms with Crippen molar-refractivity contribution in [2.45, 2.75) is 19.9 Å². The molecule has 4 heteroatoms. The molecule has 96 valence electrons. The molecule has 2 aromatic rings. The van der Waals surface area contributed by atoms with Crippen molar-refractivity contribution < 1.29 is 4.74 Å². The third-order valence-corrected chi connectivity index (χ3v) is 2.97. The summed E-state index contributed by atoms with van der Waals surface area (Å²) in [6.07, 6.45) is 2.86. The van der Waals surface area contributed by atoms with Crippen molar-refractivity contribution in [1.82, 2.24) is 15.5 Å². The minimum Gasteiger partial charge on any atom is -0.497 e. The Labute approximate surface area is 107 Å². The predicted molar refractivity (Wildman–Crippen MR) is 71.7 cm³/mol. The van der Waals surface area contributed by atoms with E-state index in [0.29, 0.717) is 0 Å². The van der Waals surface area contributed by atoms with E-state index >= 15 is 0 Å². The number of H-pyrrole nitrogens is 1. The maximum absolute atomic E-state index is 5.20. The normalized spacial score (nSPS) is 10.6. The van der Waals surface area contributed by atoms with Crippen molar-refractivity contribution in [2.75, 3.05) is 13.7 Å². The molecule has 0 bridgehead atoms. The Bertz CT molecular complexity index is 493. The lowest BCUT2D eigenvalue weighted by Gasteiger charge is -2.06. The second-order valence-corrected chi connectivity index (χ2v) is 4.30. The summed E-state index contributed by atoms with van der Waals surface area (Å²) in [6, 6.07) is 8.18. The summed E-state index contributed by atoms with van der Waals surface area (Å²) >= 11 is 0. The van der Waals surface area contributed by atoms with Crippen LogP contribution in [0.2, 0.25) is 0 Å². The highest BCUT2D eigenvalue weighted by molar-refractivity contribution is 5.28. The Morgan fingerprint density at radius 1 is 1.39 bits per heavy atom. The molecule has 0 atom stereocenters. The van der Waals surface area contributed by atoms with Gasteiger partial charge in [0.2, 0.25) is 0 Å². The number of benzene rings is 1. The minimum atomic E-state index is 0.853. The van der Waals surface area contributed by atoms with E-state index in [1.807, 2.05) is 25.3 Å². The SMILES string of the molecule is COc1cccc(CCNCc2cn[nH]c2C)c1. The van der Waals surface area contributed by atoms with Crippen LogP contribution >= 0.6 is 0 Å². The van der Waals surface area contributed by atoms with Gasteiger partial charge < -0.3 is 10.1 Å². The molecule has 0 radical (unpaired) electrons. The summed E-state index contributed by atoms with van der Waals surface area (Å²) in [5.74, 6) is 0.915. The van der Waals surface area contributed by atoms with E-state index in [4.69, 9.17) is 4.74 Å². The molecule has 0 unspecified atom stereocenters. The highest BCUT2D eigenvalue weighted by Crippen LogP contribution is 2.12. The van der Waals surface area contributed by atoms with Crippen LogP contribution in [0.15, 0.2) is 30.5 Å². The van der Waals surface area contributed by atoms with Gasteiger partial charge in [0.15, 0.2) is 0 Å². The fraction of sp³-hybridized carbons (Fsp3) is 0.357. The highest BCUT2D eigenvalue weighted by Gasteiger charge is 2.00. The first kappa shape index (κ1) is 12.6. The maximum atomic E-state index is 5.20. The third-order valence-electron chi connectivity index (χ3n) is 2.97. The van der Waals surface area contributed by atoms with E-state index in [0.717, 1.165) is 31.0 Å². The first-order valence-corrected chi connectivity index (χ1v) is 6.12. The summed E-state index contributed by atoms with van der Waals surface area (Å²) in [5, 5.41) is 10.3. The predicted octanol–water partition coefficient (Wildman–Crippen LogP) is 2.06. The van der Waals surface area contributed by atoms with Crippen LogP contribution in [0.5, 0.6) is 5.75 Å². The Kier molecular flexibility index (Phi) is 4.36. The van der Waals surface area contributed by atoms with E-state index in [9.17, 15) is 0 Å². The van der Waals surface area contributed by atoms with Gasteiger partial charge in [-0.2, -0.15) is 5.10 Å². The fourth-order valence-corrected chi connectivity index (χ4v) is 1.84. The first-order valence-electron chi connectivity index (χ1n) is 6.12. The first-order chi connectivity index (χ1) is 8.79. The van der Waals surface area contributed by atoms with Crippen molar-refractivity contribution in [3.8, 4) is 5.75 Å². The number of ether oxygens (including phenoxy) is 1. The van der Waals surface area contributed by atoms with Gasteiger partial charge >= 0.3 is 0 Å². The molecule has 4 nitrogen and oxygen atoms in total. The molecule has 0 aliphatic carbocycles. The largest absolute Gasteiger partial charge is 0.497 e. The summed E-state index contributed by atoms with van der Waals surface area (Å²) < 4.78 is 5.20. The van der Waals surface area contributed by atoms with Crippen molar-refractivity contribution in [3.63, 3.8) is 0 Å². The smallest absolute Gasteiger partial charge is 0.119 e. The van der Waals surface area contributed by atoms with Gasteiger partial charge in [0, 0.05) is 17.8 Å². The molecule has 1 heterocycles. The van der Waals surface area contributed by atoms with E-state index in [1.165, 1.54) is 11.1 Å². The van der Waals surface area contributed by atoms with E-state index in [1.54, 1.807) is 7.11 Å². The van der Waals surface area contributed by atoms with Crippen LogP contribution in [-0.2, 0) is 13.0 Å². The molecule has 0 aliphatic heterocycles. The second kappa shape index (κ2) is 6.21. The maximum Gasteiger partial charge on any atom is 0.119 e. The van der Waals surface area contributed by atoms with Gasteiger partial charge in [-0.3, -0.25) is 5.10 Å². The van der Waals surface area contributed by atoms with Crippen molar-refractivity contribution in [1.29, 1.82) is 0 Å². The molecule has 0 spiro atoms. The Balaban J connectivity index is 1.76. The number of nitrogens with one attached hydrogen (secondary N) is 2. The van der Waals surface area contributed by atoms with Gasteiger partial charge in [0.25, 0.3) is 0 Å². The number of hydrogen-bond acceptors (Lipinski definition) is 3. The average Bonchev–Trinajstić information content (AvgIpc) is 2.81. The molecule has 0 amide bonds. The molecular formula is C14H19N3O. The van der Waals surface area contributed by atoms with Gasteiger partial charge in [-0.25, -0.2) is 0 Å². The molecular weight excluding hydrogens is 226 g/mol. The van der Waals surface area contributed by atoms with Crippen LogP contribution in [0.25, 0.3) is 0 Å². The molecule has 1 aromatic heterocycles. The standard InChI is InChI=1S/C14H19N3O/c1-11-13(10-16-17-11)9-15-7-6-12-4-3-5-14(8-12)18-2/h3-5,8,10,15H,6-7,9H2,1-2H3,(H,16,17). The summed E-state index contributed by atoms with van der Waals surface area (Å²) in [5.41, 5.74) is 3.63. The molecule has 0 fully saturated rings. The number of nitrogens with zero attached hydrogens (tertiary/aromatic N) is 1. The van der Waals surface area contributed by atoms with Crippen molar-refractivity contribution in [2.24, 2.45) is 0 Å². The Morgan fingerprint density at radius 3 is 3.00 bits per heavy atom. The van der Waals surface area contributed by atoms with Crippen molar-refractivity contribution >= 4 is 0 Å². The van der Waals surface area contributed by atoms with Crippen LogP contribution in [0.1, 0.15) is 16.8 Å². The lowest BCUT2D eigenvalue weighted by molar-refractivity contribution is 0.414. The van der Waals surface area contributed by atoms with Crippen LogP contribution in [0.3, 0.4) is 0 Å². The van der Waals surface area contributed by atoms with Gasteiger partial charge in [-0.1, -0.05) is 12.1 Å². The number of methoxy groups -OCH3 is 1. The monoisotopic (exact) mass is 245 g/mol. The molecule has 0 saturated carbocycles. The molecule has 2 rings (SSSR count). The topological polar surface area (TPSA) is 49.9 Å². The Hall–Kier alpha value is -1.81. The van der Waals surface area contributed by atoms with E-state index in [-0.39, 0.29) is 0 Å². The van der Waals surface area contributed by atoms with Gasteiger partial charge in [0.1, 0.15) is 5.75 Å². The minimum absolute atomic E-state index is 0.853. The summed E-state index contributed by atoms with van der Waals surface area (Å²) in [4.78, 5) is 0.